The lowest BCUT2D eigenvalue weighted by Crippen LogP contribution is -1.95. The van der Waals surface area contributed by atoms with Crippen LogP contribution >= 0.6 is 0 Å². The fourth-order valence-electron chi connectivity index (χ4n) is 2.65. The molecule has 23 heavy (non-hydrogen) atoms. The van der Waals surface area contributed by atoms with Gasteiger partial charge in [-0.05, 0) is 32.6 Å². The minimum absolute atomic E-state index is 0.448. The second kappa shape index (κ2) is 17.3. The highest BCUT2D eigenvalue weighted by molar-refractivity contribution is 5.85. The van der Waals surface area contributed by atoms with E-state index in [9.17, 15) is 4.79 Å². The van der Waals surface area contributed by atoms with E-state index in [1.54, 1.807) is 13.0 Å². The molecule has 0 saturated heterocycles. The fraction of sp³-hybridized carbons (Fsp3) is 0.762. The molecule has 0 atom stereocenters. The number of hydrogen-bond acceptors (Lipinski definition) is 1. The molecule has 0 fully saturated rings. The minimum atomic E-state index is -0.810. The summed E-state index contributed by atoms with van der Waals surface area (Å²) >= 11 is 0. The molecule has 0 aromatic carbocycles. The van der Waals surface area contributed by atoms with Crippen molar-refractivity contribution in [2.45, 2.75) is 104 Å². The molecule has 0 aromatic heterocycles. The number of carbonyl (C=O) groups is 1. The van der Waals surface area contributed by atoms with Crippen LogP contribution in [0.4, 0.5) is 0 Å². The molecular weight excluding hydrogens is 284 g/mol. The van der Waals surface area contributed by atoms with Crippen molar-refractivity contribution in [1.82, 2.24) is 0 Å². The molecule has 2 heteroatoms. The van der Waals surface area contributed by atoms with Gasteiger partial charge in [-0.1, -0.05) is 89.4 Å². The van der Waals surface area contributed by atoms with Crippen LogP contribution in [0.2, 0.25) is 0 Å². The molecule has 0 aliphatic heterocycles. The molecule has 0 aliphatic rings. The predicted octanol–water partition coefficient (Wildman–Crippen LogP) is 7.05. The lowest BCUT2D eigenvalue weighted by molar-refractivity contribution is -0.132. The summed E-state index contributed by atoms with van der Waals surface area (Å²) in [6.45, 7) is 3.92. The standard InChI is InChI=1S/C21H38O2/c1-3-4-5-6-7-8-9-10-11-12-13-14-15-16-17-18-19-20(2)21(22)23/h15-16,19H,3-14,17-18H2,1-2H3,(H,22,23)/b16-15+,20-19+. The van der Waals surface area contributed by atoms with Gasteiger partial charge in [-0.25, -0.2) is 4.79 Å². The van der Waals surface area contributed by atoms with E-state index < -0.39 is 5.97 Å². The van der Waals surface area contributed by atoms with Crippen molar-refractivity contribution in [3.8, 4) is 0 Å². The third-order valence-corrected chi connectivity index (χ3v) is 4.26. The van der Waals surface area contributed by atoms with Gasteiger partial charge in [0.1, 0.15) is 0 Å². The Morgan fingerprint density at radius 2 is 1.22 bits per heavy atom. The Bertz CT molecular complexity index is 329. The number of carboxylic acid groups (broad SMARTS) is 1. The van der Waals surface area contributed by atoms with Gasteiger partial charge in [0, 0.05) is 5.57 Å². The maximum atomic E-state index is 10.6. The first-order chi connectivity index (χ1) is 11.2. The quantitative estimate of drug-likeness (QED) is 0.188. The van der Waals surface area contributed by atoms with Crippen molar-refractivity contribution in [2.75, 3.05) is 0 Å². The molecule has 0 bridgehead atoms. The van der Waals surface area contributed by atoms with Gasteiger partial charge in [-0.2, -0.15) is 0 Å². The van der Waals surface area contributed by atoms with Crippen LogP contribution in [0.25, 0.3) is 0 Å². The van der Waals surface area contributed by atoms with E-state index in [1.807, 2.05) is 0 Å². The Labute approximate surface area is 144 Å². The summed E-state index contributed by atoms with van der Waals surface area (Å²) < 4.78 is 0. The van der Waals surface area contributed by atoms with Crippen LogP contribution in [0, 0.1) is 0 Å². The molecule has 2 nitrogen and oxygen atoms in total. The molecular formula is C21H38O2. The second-order valence-electron chi connectivity index (χ2n) is 6.57. The average molecular weight is 323 g/mol. The molecule has 0 radical (unpaired) electrons. The number of aliphatic carboxylic acids is 1. The molecule has 0 unspecified atom stereocenters. The highest BCUT2D eigenvalue weighted by atomic mass is 16.4. The largest absolute Gasteiger partial charge is 0.478 e. The van der Waals surface area contributed by atoms with Crippen LogP contribution in [0.5, 0.6) is 0 Å². The molecule has 0 heterocycles. The highest BCUT2D eigenvalue weighted by Crippen LogP contribution is 2.12. The summed E-state index contributed by atoms with van der Waals surface area (Å²) in [5, 5.41) is 8.72. The zero-order valence-corrected chi connectivity index (χ0v) is 15.5. The van der Waals surface area contributed by atoms with E-state index in [4.69, 9.17) is 5.11 Å². The summed E-state index contributed by atoms with van der Waals surface area (Å²) in [5.41, 5.74) is 0.448. The van der Waals surface area contributed by atoms with Crippen molar-refractivity contribution in [3.63, 3.8) is 0 Å². The number of rotatable bonds is 16. The lowest BCUT2D eigenvalue weighted by Gasteiger charge is -2.01. The Morgan fingerprint density at radius 3 is 1.74 bits per heavy atom. The normalized spacial score (nSPS) is 12.2. The van der Waals surface area contributed by atoms with Crippen LogP contribution in [-0.2, 0) is 4.79 Å². The van der Waals surface area contributed by atoms with Crippen molar-refractivity contribution < 1.29 is 9.90 Å². The van der Waals surface area contributed by atoms with Crippen LogP contribution in [0.3, 0.4) is 0 Å². The van der Waals surface area contributed by atoms with E-state index in [2.05, 4.69) is 19.1 Å². The number of carboxylic acids is 1. The van der Waals surface area contributed by atoms with E-state index in [0.717, 1.165) is 12.8 Å². The predicted molar refractivity (Wildman–Crippen MR) is 101 cm³/mol. The maximum Gasteiger partial charge on any atom is 0.330 e. The van der Waals surface area contributed by atoms with Gasteiger partial charge in [-0.3, -0.25) is 0 Å². The maximum absolute atomic E-state index is 10.6. The first kappa shape index (κ1) is 21.9. The topological polar surface area (TPSA) is 37.3 Å². The molecule has 0 spiro atoms. The summed E-state index contributed by atoms with van der Waals surface area (Å²) in [5.74, 6) is -0.810. The third kappa shape index (κ3) is 17.1. The summed E-state index contributed by atoms with van der Waals surface area (Å²) in [6, 6.07) is 0. The summed E-state index contributed by atoms with van der Waals surface area (Å²) in [6.07, 6.45) is 24.4. The Kier molecular flexibility index (Phi) is 16.5. The third-order valence-electron chi connectivity index (χ3n) is 4.26. The van der Waals surface area contributed by atoms with Crippen molar-refractivity contribution in [2.24, 2.45) is 0 Å². The van der Waals surface area contributed by atoms with Crippen LogP contribution in [-0.4, -0.2) is 11.1 Å². The van der Waals surface area contributed by atoms with Crippen LogP contribution < -0.4 is 0 Å². The molecule has 0 aliphatic carbocycles. The number of allylic oxidation sites excluding steroid dienone is 3. The van der Waals surface area contributed by atoms with Crippen molar-refractivity contribution in [1.29, 1.82) is 0 Å². The van der Waals surface area contributed by atoms with E-state index in [1.165, 1.54) is 77.0 Å². The van der Waals surface area contributed by atoms with Gasteiger partial charge in [-0.15, -0.1) is 0 Å². The zero-order valence-electron chi connectivity index (χ0n) is 15.5. The van der Waals surface area contributed by atoms with Gasteiger partial charge in [0.05, 0.1) is 0 Å². The van der Waals surface area contributed by atoms with Gasteiger partial charge in [0.2, 0.25) is 0 Å². The molecule has 0 saturated carbocycles. The van der Waals surface area contributed by atoms with E-state index >= 15 is 0 Å². The molecule has 0 rings (SSSR count). The molecule has 1 N–H and O–H groups in total. The minimum Gasteiger partial charge on any atom is -0.478 e. The molecule has 0 amide bonds. The molecule has 0 aromatic rings. The van der Waals surface area contributed by atoms with Gasteiger partial charge in [0.25, 0.3) is 0 Å². The summed E-state index contributed by atoms with van der Waals surface area (Å²) in [7, 11) is 0. The zero-order chi connectivity index (χ0) is 17.2. The Balaban J connectivity index is 3.22. The first-order valence-electron chi connectivity index (χ1n) is 9.73. The van der Waals surface area contributed by atoms with Crippen molar-refractivity contribution in [3.05, 3.63) is 23.8 Å². The smallest absolute Gasteiger partial charge is 0.330 e. The fourth-order valence-corrected chi connectivity index (χ4v) is 2.65. The van der Waals surface area contributed by atoms with E-state index in [0.29, 0.717) is 5.57 Å². The Morgan fingerprint density at radius 1 is 0.739 bits per heavy atom. The second-order valence-corrected chi connectivity index (χ2v) is 6.57. The molecule has 134 valence electrons. The van der Waals surface area contributed by atoms with Crippen molar-refractivity contribution >= 4 is 5.97 Å². The number of unbranched alkanes of at least 4 members (excludes halogenated alkanes) is 12. The van der Waals surface area contributed by atoms with Crippen LogP contribution in [0.1, 0.15) is 104 Å². The van der Waals surface area contributed by atoms with Gasteiger partial charge >= 0.3 is 5.97 Å². The van der Waals surface area contributed by atoms with Crippen LogP contribution in [0.15, 0.2) is 23.8 Å². The monoisotopic (exact) mass is 322 g/mol. The first-order valence-corrected chi connectivity index (χ1v) is 9.73. The van der Waals surface area contributed by atoms with Gasteiger partial charge < -0.3 is 5.11 Å². The van der Waals surface area contributed by atoms with E-state index in [-0.39, 0.29) is 0 Å². The average Bonchev–Trinajstić information content (AvgIpc) is 2.54. The SMILES string of the molecule is CCCCCCCCCCCCC/C=C/CC/C=C(\C)C(=O)O. The number of hydrogen-bond donors (Lipinski definition) is 1. The highest BCUT2D eigenvalue weighted by Gasteiger charge is 1.96. The Hall–Kier alpha value is -1.05. The van der Waals surface area contributed by atoms with Gasteiger partial charge in [0.15, 0.2) is 0 Å². The summed E-state index contributed by atoms with van der Waals surface area (Å²) in [4.78, 5) is 10.6. The lowest BCUT2D eigenvalue weighted by atomic mass is 10.1.